The molecule has 0 bridgehead atoms. The van der Waals surface area contributed by atoms with Gasteiger partial charge in [0.25, 0.3) is 0 Å². The minimum absolute atomic E-state index is 0.157. The van der Waals surface area contributed by atoms with Crippen molar-refractivity contribution in [1.82, 2.24) is 0 Å². The van der Waals surface area contributed by atoms with Crippen LogP contribution in [0.15, 0.2) is 48.1 Å². The van der Waals surface area contributed by atoms with Crippen molar-refractivity contribution in [2.75, 3.05) is 13.7 Å². The van der Waals surface area contributed by atoms with Crippen molar-refractivity contribution in [3.05, 3.63) is 53.6 Å². The number of aliphatic hydroxyl groups is 1. The monoisotopic (exact) mass is 414 g/mol. The number of hydrogen-bond acceptors (Lipinski definition) is 4. The highest BCUT2D eigenvalue weighted by Crippen LogP contribution is 2.37. The number of carboxylic acid groups (broad SMARTS) is 1. The third-order valence-electron chi connectivity index (χ3n) is 5.44. The number of rotatable bonds is 12. The van der Waals surface area contributed by atoms with E-state index in [1.807, 2.05) is 19.1 Å². The van der Waals surface area contributed by atoms with E-state index < -0.39 is 5.97 Å². The van der Waals surface area contributed by atoms with E-state index in [0.717, 1.165) is 38.5 Å². The van der Waals surface area contributed by atoms with Crippen LogP contribution in [0.2, 0.25) is 0 Å². The van der Waals surface area contributed by atoms with Gasteiger partial charge in [-0.25, -0.2) is 4.79 Å². The van der Waals surface area contributed by atoms with Crippen molar-refractivity contribution in [3.63, 3.8) is 0 Å². The van der Waals surface area contributed by atoms with Crippen LogP contribution in [0.4, 0.5) is 0 Å². The average Bonchev–Trinajstić information content (AvgIpc) is 2.72. The molecular formula is C25H34O5. The van der Waals surface area contributed by atoms with Gasteiger partial charge in [0, 0.05) is 11.6 Å². The second-order valence-corrected chi connectivity index (χ2v) is 7.57. The lowest BCUT2D eigenvalue weighted by Crippen LogP contribution is -2.22. The molecule has 1 unspecified atom stereocenters. The third kappa shape index (κ3) is 6.77. The molecule has 1 aromatic carbocycles. The van der Waals surface area contributed by atoms with Gasteiger partial charge >= 0.3 is 5.97 Å². The van der Waals surface area contributed by atoms with Crippen molar-refractivity contribution >= 4 is 11.5 Å². The van der Waals surface area contributed by atoms with Crippen LogP contribution in [0.1, 0.15) is 57.9 Å². The maximum atomic E-state index is 11.8. The largest absolute Gasteiger partial charge is 0.496 e. The quantitative estimate of drug-likeness (QED) is 0.354. The van der Waals surface area contributed by atoms with Gasteiger partial charge in [-0.1, -0.05) is 43.6 Å². The molecule has 1 aliphatic carbocycles. The molecule has 1 saturated carbocycles. The number of aliphatic carboxylic acids is 1. The van der Waals surface area contributed by atoms with Crippen LogP contribution in [-0.2, 0) is 4.79 Å². The Bertz CT molecular complexity index is 791. The summed E-state index contributed by atoms with van der Waals surface area (Å²) in [6, 6.07) is 5.15. The van der Waals surface area contributed by atoms with Gasteiger partial charge in [-0.15, -0.1) is 0 Å². The molecule has 0 heterocycles. The molecular weight excluding hydrogens is 380 g/mol. The lowest BCUT2D eigenvalue weighted by atomic mass is 9.75. The van der Waals surface area contributed by atoms with Crippen LogP contribution in [0.3, 0.4) is 0 Å². The normalized spacial score (nSPS) is 19.0. The van der Waals surface area contributed by atoms with Crippen molar-refractivity contribution in [3.8, 4) is 11.5 Å². The van der Waals surface area contributed by atoms with E-state index in [1.54, 1.807) is 30.4 Å². The molecule has 2 rings (SSSR count). The summed E-state index contributed by atoms with van der Waals surface area (Å²) in [6.45, 7) is 4.55. The summed E-state index contributed by atoms with van der Waals surface area (Å²) in [5, 5.41) is 19.8. The molecule has 0 radical (unpaired) electrons. The fraction of sp³-hybridized carbons (Fsp3) is 0.480. The van der Waals surface area contributed by atoms with E-state index in [2.05, 4.69) is 6.92 Å². The van der Waals surface area contributed by atoms with Crippen molar-refractivity contribution in [2.45, 2.75) is 58.5 Å². The highest BCUT2D eigenvalue weighted by molar-refractivity contribution is 6.16. The van der Waals surface area contributed by atoms with Gasteiger partial charge in [-0.2, -0.15) is 0 Å². The molecule has 1 fully saturated rings. The number of aliphatic hydroxyl groups excluding tert-OH is 1. The topological polar surface area (TPSA) is 76.0 Å². The highest BCUT2D eigenvalue weighted by Gasteiger charge is 2.25. The van der Waals surface area contributed by atoms with Crippen LogP contribution >= 0.6 is 0 Å². The van der Waals surface area contributed by atoms with Crippen molar-refractivity contribution < 1.29 is 24.5 Å². The van der Waals surface area contributed by atoms with Gasteiger partial charge in [-0.3, -0.25) is 0 Å². The summed E-state index contributed by atoms with van der Waals surface area (Å²) in [5.74, 6) is 0.521. The summed E-state index contributed by atoms with van der Waals surface area (Å²) >= 11 is 0. The number of methoxy groups -OCH3 is 1. The van der Waals surface area contributed by atoms with Gasteiger partial charge in [0.05, 0.1) is 25.4 Å². The zero-order valence-corrected chi connectivity index (χ0v) is 18.3. The van der Waals surface area contributed by atoms with Crippen LogP contribution in [-0.4, -0.2) is 36.0 Å². The fourth-order valence-corrected chi connectivity index (χ4v) is 3.65. The molecule has 2 N–H and O–H groups in total. The Labute approximate surface area is 179 Å². The second-order valence-electron chi connectivity index (χ2n) is 7.57. The van der Waals surface area contributed by atoms with E-state index in [0.29, 0.717) is 29.6 Å². The number of hydrogen-bond donors (Lipinski definition) is 2. The van der Waals surface area contributed by atoms with E-state index in [9.17, 15) is 15.0 Å². The molecule has 164 valence electrons. The van der Waals surface area contributed by atoms with E-state index in [4.69, 9.17) is 9.47 Å². The third-order valence-corrected chi connectivity index (χ3v) is 5.44. The molecule has 1 aromatic rings. The van der Waals surface area contributed by atoms with Crippen molar-refractivity contribution in [1.29, 1.82) is 0 Å². The van der Waals surface area contributed by atoms with E-state index >= 15 is 0 Å². The van der Waals surface area contributed by atoms with E-state index in [-0.39, 0.29) is 11.7 Å². The molecule has 0 amide bonds. The number of allylic oxidation sites excluding steroid dienone is 5. The summed E-state index contributed by atoms with van der Waals surface area (Å²) in [4.78, 5) is 11.8. The van der Waals surface area contributed by atoms with Crippen molar-refractivity contribution in [2.24, 2.45) is 5.92 Å². The smallest absolute Gasteiger partial charge is 0.336 e. The lowest BCUT2D eigenvalue weighted by Gasteiger charge is -2.31. The molecule has 0 aliphatic heterocycles. The number of unbranched alkanes of at least 4 members (excludes halogenated alkanes) is 1. The molecule has 0 spiro atoms. The van der Waals surface area contributed by atoms with Crippen LogP contribution < -0.4 is 9.47 Å². The Morgan fingerprint density at radius 2 is 2.10 bits per heavy atom. The summed E-state index contributed by atoms with van der Waals surface area (Å²) in [5.41, 5.74) is 1.99. The van der Waals surface area contributed by atoms with Crippen LogP contribution in [0, 0.1) is 5.92 Å². The summed E-state index contributed by atoms with van der Waals surface area (Å²) in [6.07, 6.45) is 13.0. The molecule has 1 aliphatic rings. The molecule has 0 aromatic heterocycles. The molecule has 2 atom stereocenters. The molecule has 5 nitrogen and oxygen atoms in total. The van der Waals surface area contributed by atoms with Gasteiger partial charge in [0.1, 0.15) is 11.5 Å². The first-order chi connectivity index (χ1) is 14.5. The standard InChI is InChI=1S/C25H34O5/c1-4-6-10-20(26)16-19-13-12-18(19)9-7-8-11-23(25(27)28)22-15-14-21(30-5-2)17-24(22)29-3/h7-9,11,14-15,17,19-20,26H,4-6,10,12-13,16H2,1-3H3,(H,27,28)/t19-,20?/m0/s1. The maximum absolute atomic E-state index is 11.8. The minimum Gasteiger partial charge on any atom is -0.496 e. The SMILES string of the molecule is CCCCC(O)C[C@@H]1CCC1=CC=CC=C(C(=O)O)c1ccc(OCC)cc1OC. The predicted octanol–water partition coefficient (Wildman–Crippen LogP) is 5.40. The number of ether oxygens (including phenoxy) is 2. The van der Waals surface area contributed by atoms with Gasteiger partial charge in [0.2, 0.25) is 0 Å². The van der Waals surface area contributed by atoms with Crippen LogP contribution in [0.25, 0.3) is 5.57 Å². The Kier molecular flexibility index (Phi) is 9.68. The zero-order chi connectivity index (χ0) is 21.9. The first-order valence-corrected chi connectivity index (χ1v) is 10.8. The number of carbonyl (C=O) groups is 1. The van der Waals surface area contributed by atoms with Crippen LogP contribution in [0.5, 0.6) is 11.5 Å². The Morgan fingerprint density at radius 3 is 2.70 bits per heavy atom. The maximum Gasteiger partial charge on any atom is 0.336 e. The zero-order valence-electron chi connectivity index (χ0n) is 18.3. The summed E-state index contributed by atoms with van der Waals surface area (Å²) in [7, 11) is 1.51. The van der Waals surface area contributed by atoms with E-state index in [1.165, 1.54) is 12.7 Å². The molecule has 5 heteroatoms. The van der Waals surface area contributed by atoms with Gasteiger partial charge < -0.3 is 19.7 Å². The first kappa shape index (κ1) is 23.7. The Balaban J connectivity index is 2.09. The molecule has 0 saturated heterocycles. The molecule has 30 heavy (non-hydrogen) atoms. The van der Waals surface area contributed by atoms with Gasteiger partial charge in [0.15, 0.2) is 0 Å². The summed E-state index contributed by atoms with van der Waals surface area (Å²) < 4.78 is 10.8. The Hall–Kier alpha value is -2.53. The number of carboxylic acids is 1. The van der Waals surface area contributed by atoms with Gasteiger partial charge in [-0.05, 0) is 56.7 Å². The lowest BCUT2D eigenvalue weighted by molar-refractivity contribution is -0.130. The number of benzene rings is 1. The highest BCUT2D eigenvalue weighted by atomic mass is 16.5. The predicted molar refractivity (Wildman–Crippen MR) is 120 cm³/mol. The average molecular weight is 415 g/mol. The Morgan fingerprint density at radius 1 is 1.30 bits per heavy atom. The first-order valence-electron chi connectivity index (χ1n) is 10.8. The minimum atomic E-state index is -1.02. The fourth-order valence-electron chi connectivity index (χ4n) is 3.65. The second kappa shape index (κ2) is 12.2.